The summed E-state index contributed by atoms with van der Waals surface area (Å²) in [6.45, 7) is 3.37. The van der Waals surface area contributed by atoms with Gasteiger partial charge in [-0.05, 0) is 25.2 Å². The molecule has 3 unspecified atom stereocenters. The summed E-state index contributed by atoms with van der Waals surface area (Å²) in [5, 5.41) is 9.11. The van der Waals surface area contributed by atoms with Gasteiger partial charge in [0.2, 0.25) is 0 Å². The maximum atomic E-state index is 11.1. The van der Waals surface area contributed by atoms with E-state index in [4.69, 9.17) is 5.11 Å². The first-order chi connectivity index (χ1) is 9.70. The van der Waals surface area contributed by atoms with Crippen molar-refractivity contribution >= 4 is 17.7 Å². The Hall–Kier alpha value is -0.220. The van der Waals surface area contributed by atoms with Crippen molar-refractivity contribution in [3.05, 3.63) is 0 Å². The Morgan fingerprint density at radius 1 is 1.30 bits per heavy atom. The quantitative estimate of drug-likeness (QED) is 0.787. The number of carboxylic acid groups (broad SMARTS) is 1. The number of rotatable bonds is 5. The van der Waals surface area contributed by atoms with Gasteiger partial charge in [-0.1, -0.05) is 32.6 Å². The molecule has 1 heterocycles. The number of carboxylic acids is 1. The van der Waals surface area contributed by atoms with E-state index in [1.807, 2.05) is 11.8 Å². The van der Waals surface area contributed by atoms with Crippen LogP contribution < -0.4 is 0 Å². The standard InChI is InChI=1S/C16H29NO2S/c1-2-4-13-5-3-6-14(8-7-13)17-9-10-20-12-15(17)11-16(18)19/h13-15H,2-12H2,1H3,(H,18,19). The van der Waals surface area contributed by atoms with Gasteiger partial charge in [0.25, 0.3) is 0 Å². The minimum atomic E-state index is -0.639. The predicted molar refractivity (Wildman–Crippen MR) is 85.3 cm³/mol. The Bertz CT molecular complexity index is 311. The Kier molecular flexibility index (Phi) is 6.69. The van der Waals surface area contributed by atoms with E-state index in [1.54, 1.807) is 0 Å². The van der Waals surface area contributed by atoms with E-state index < -0.39 is 5.97 Å². The average molecular weight is 299 g/mol. The molecule has 2 rings (SSSR count). The van der Waals surface area contributed by atoms with Crippen LogP contribution in [0.1, 0.15) is 58.3 Å². The van der Waals surface area contributed by atoms with Gasteiger partial charge in [0.05, 0.1) is 6.42 Å². The molecule has 1 saturated carbocycles. The van der Waals surface area contributed by atoms with Crippen LogP contribution in [0.5, 0.6) is 0 Å². The fourth-order valence-corrected chi connectivity index (χ4v) is 5.00. The van der Waals surface area contributed by atoms with Crippen molar-refractivity contribution in [3.63, 3.8) is 0 Å². The molecule has 20 heavy (non-hydrogen) atoms. The van der Waals surface area contributed by atoms with Crippen molar-refractivity contribution in [2.45, 2.75) is 70.4 Å². The summed E-state index contributed by atoms with van der Waals surface area (Å²) < 4.78 is 0. The van der Waals surface area contributed by atoms with Crippen LogP contribution >= 0.6 is 11.8 Å². The molecular weight excluding hydrogens is 270 g/mol. The molecule has 3 nitrogen and oxygen atoms in total. The summed E-state index contributed by atoms with van der Waals surface area (Å²) >= 11 is 1.92. The summed E-state index contributed by atoms with van der Waals surface area (Å²) in [5.41, 5.74) is 0. The summed E-state index contributed by atoms with van der Waals surface area (Å²) in [4.78, 5) is 13.6. The normalized spacial score (nSPS) is 32.8. The molecule has 0 bridgehead atoms. The van der Waals surface area contributed by atoms with Crippen LogP contribution in [-0.4, -0.2) is 46.1 Å². The molecule has 0 radical (unpaired) electrons. The Balaban J connectivity index is 1.92. The van der Waals surface area contributed by atoms with Crippen molar-refractivity contribution < 1.29 is 9.90 Å². The minimum Gasteiger partial charge on any atom is -0.481 e. The van der Waals surface area contributed by atoms with Gasteiger partial charge in [-0.15, -0.1) is 0 Å². The smallest absolute Gasteiger partial charge is 0.304 e. The van der Waals surface area contributed by atoms with Gasteiger partial charge >= 0.3 is 5.97 Å². The Labute approximate surface area is 127 Å². The van der Waals surface area contributed by atoms with Crippen LogP contribution in [0.25, 0.3) is 0 Å². The van der Waals surface area contributed by atoms with Crippen LogP contribution in [0, 0.1) is 5.92 Å². The molecule has 4 heteroatoms. The van der Waals surface area contributed by atoms with Gasteiger partial charge in [-0.3, -0.25) is 9.69 Å². The molecule has 0 aromatic heterocycles. The van der Waals surface area contributed by atoms with E-state index in [2.05, 4.69) is 11.8 Å². The predicted octanol–water partition coefficient (Wildman–Crippen LogP) is 3.63. The second-order valence-electron chi connectivity index (χ2n) is 6.38. The van der Waals surface area contributed by atoms with Crippen molar-refractivity contribution in [1.82, 2.24) is 4.90 Å². The molecule has 1 aliphatic heterocycles. The molecule has 0 aromatic carbocycles. The summed E-state index contributed by atoms with van der Waals surface area (Å²) in [7, 11) is 0. The number of aliphatic carboxylic acids is 1. The molecule has 1 aliphatic carbocycles. The number of hydrogen-bond acceptors (Lipinski definition) is 3. The first-order valence-electron chi connectivity index (χ1n) is 8.26. The van der Waals surface area contributed by atoms with Crippen LogP contribution in [-0.2, 0) is 4.79 Å². The summed E-state index contributed by atoms with van der Waals surface area (Å²) in [5.74, 6) is 2.45. The first-order valence-corrected chi connectivity index (χ1v) is 9.41. The fraction of sp³-hybridized carbons (Fsp3) is 0.938. The molecule has 0 spiro atoms. The molecule has 0 aromatic rings. The zero-order valence-electron chi connectivity index (χ0n) is 12.7. The summed E-state index contributed by atoms with van der Waals surface area (Å²) in [6, 6.07) is 0.904. The lowest BCUT2D eigenvalue weighted by Gasteiger charge is -2.40. The third kappa shape index (κ3) is 4.66. The number of hydrogen-bond donors (Lipinski definition) is 1. The van der Waals surface area contributed by atoms with Crippen LogP contribution in [0.15, 0.2) is 0 Å². The lowest BCUT2D eigenvalue weighted by Crippen LogP contribution is -2.49. The van der Waals surface area contributed by atoms with E-state index in [9.17, 15) is 4.79 Å². The topological polar surface area (TPSA) is 40.5 Å². The zero-order chi connectivity index (χ0) is 14.4. The van der Waals surface area contributed by atoms with E-state index in [0.29, 0.717) is 12.5 Å². The summed E-state index contributed by atoms with van der Waals surface area (Å²) in [6.07, 6.45) is 9.63. The molecule has 1 saturated heterocycles. The number of carbonyl (C=O) groups is 1. The third-order valence-electron chi connectivity index (χ3n) is 4.91. The number of nitrogens with zero attached hydrogens (tertiary/aromatic N) is 1. The molecule has 1 N–H and O–H groups in total. The van der Waals surface area contributed by atoms with Gasteiger partial charge in [-0.25, -0.2) is 0 Å². The maximum Gasteiger partial charge on any atom is 0.304 e. The average Bonchev–Trinajstić information content (AvgIpc) is 2.65. The number of thioether (sulfide) groups is 1. The van der Waals surface area contributed by atoms with E-state index >= 15 is 0 Å². The van der Waals surface area contributed by atoms with Crippen molar-refractivity contribution in [1.29, 1.82) is 0 Å². The highest BCUT2D eigenvalue weighted by Crippen LogP contribution is 2.32. The van der Waals surface area contributed by atoms with Crippen molar-refractivity contribution in [2.24, 2.45) is 5.92 Å². The minimum absolute atomic E-state index is 0.263. The second-order valence-corrected chi connectivity index (χ2v) is 7.53. The highest BCUT2D eigenvalue weighted by Gasteiger charge is 2.31. The Morgan fingerprint density at radius 2 is 2.15 bits per heavy atom. The molecule has 2 aliphatic rings. The molecular formula is C16H29NO2S. The van der Waals surface area contributed by atoms with Crippen molar-refractivity contribution in [2.75, 3.05) is 18.1 Å². The highest BCUT2D eigenvalue weighted by atomic mass is 32.2. The van der Waals surface area contributed by atoms with Gasteiger partial charge in [0.1, 0.15) is 0 Å². The van der Waals surface area contributed by atoms with E-state index in [-0.39, 0.29) is 6.04 Å². The lowest BCUT2D eigenvalue weighted by molar-refractivity contribution is -0.138. The molecule has 2 fully saturated rings. The lowest BCUT2D eigenvalue weighted by atomic mass is 9.95. The van der Waals surface area contributed by atoms with Crippen LogP contribution in [0.3, 0.4) is 0 Å². The largest absolute Gasteiger partial charge is 0.481 e. The van der Waals surface area contributed by atoms with E-state index in [1.165, 1.54) is 50.7 Å². The first kappa shape index (κ1) is 16.2. The Morgan fingerprint density at radius 3 is 2.90 bits per heavy atom. The highest BCUT2D eigenvalue weighted by molar-refractivity contribution is 7.99. The van der Waals surface area contributed by atoms with Crippen molar-refractivity contribution in [3.8, 4) is 0 Å². The van der Waals surface area contributed by atoms with Crippen LogP contribution in [0.2, 0.25) is 0 Å². The molecule has 0 amide bonds. The third-order valence-corrected chi connectivity index (χ3v) is 6.00. The monoisotopic (exact) mass is 299 g/mol. The molecule has 116 valence electrons. The van der Waals surface area contributed by atoms with Gasteiger partial charge in [-0.2, -0.15) is 11.8 Å². The SMILES string of the molecule is CCCC1CCCC(N2CCSCC2CC(=O)O)CC1. The maximum absolute atomic E-state index is 11.1. The fourth-order valence-electron chi connectivity index (χ4n) is 3.91. The van der Waals surface area contributed by atoms with Gasteiger partial charge in [0, 0.05) is 30.1 Å². The zero-order valence-corrected chi connectivity index (χ0v) is 13.5. The second kappa shape index (κ2) is 8.28. The van der Waals surface area contributed by atoms with E-state index in [0.717, 1.165) is 18.2 Å². The van der Waals surface area contributed by atoms with Gasteiger partial charge in [0.15, 0.2) is 0 Å². The van der Waals surface area contributed by atoms with Gasteiger partial charge < -0.3 is 5.11 Å². The van der Waals surface area contributed by atoms with Crippen LogP contribution in [0.4, 0.5) is 0 Å². The molecule has 3 atom stereocenters.